The normalized spacial score (nSPS) is 17.0. The number of anilines is 1. The van der Waals surface area contributed by atoms with Crippen LogP contribution in [0.2, 0.25) is 0 Å². The highest BCUT2D eigenvalue weighted by molar-refractivity contribution is 6.03. The molecule has 0 spiro atoms. The largest absolute Gasteiger partial charge is 0.387 e. The molecule has 1 saturated heterocycles. The molecule has 4 N–H and O–H groups in total. The number of nitrogens with zero attached hydrogens (tertiary/aromatic N) is 1. The van der Waals surface area contributed by atoms with Crippen molar-refractivity contribution in [2.75, 3.05) is 25.0 Å². The number of nitrogens with two attached hydrogens (primary N) is 1. The number of likely N-dealkylation sites (tertiary alicyclic amines) is 1. The predicted octanol–water partition coefficient (Wildman–Crippen LogP) is 0.571. The Morgan fingerprint density at radius 1 is 1.38 bits per heavy atom. The van der Waals surface area contributed by atoms with E-state index in [9.17, 15) is 14.7 Å². The average molecular weight is 291 g/mol. The van der Waals surface area contributed by atoms with E-state index in [1.807, 2.05) is 11.8 Å². The van der Waals surface area contributed by atoms with Gasteiger partial charge in [0.1, 0.15) is 0 Å². The minimum absolute atomic E-state index is 0.194. The van der Waals surface area contributed by atoms with Crippen molar-refractivity contribution in [3.63, 3.8) is 0 Å². The molecule has 0 aromatic heterocycles. The van der Waals surface area contributed by atoms with Crippen LogP contribution in [0.3, 0.4) is 0 Å². The molecule has 0 radical (unpaired) electrons. The Kier molecular flexibility index (Phi) is 4.59. The van der Waals surface area contributed by atoms with Crippen molar-refractivity contribution in [1.29, 1.82) is 0 Å². The van der Waals surface area contributed by atoms with Crippen LogP contribution < -0.4 is 11.1 Å². The Morgan fingerprint density at radius 2 is 2.05 bits per heavy atom. The number of hydrogen-bond acceptors (Lipinski definition) is 4. The van der Waals surface area contributed by atoms with Crippen LogP contribution in [0.1, 0.15) is 30.1 Å². The quantitative estimate of drug-likeness (QED) is 0.714. The summed E-state index contributed by atoms with van der Waals surface area (Å²) in [6, 6.07) is 6.63. The van der Waals surface area contributed by atoms with Gasteiger partial charge in [0.15, 0.2) is 0 Å². The van der Waals surface area contributed by atoms with Crippen LogP contribution in [-0.2, 0) is 4.79 Å². The van der Waals surface area contributed by atoms with Crippen LogP contribution in [-0.4, -0.2) is 47.1 Å². The monoisotopic (exact) mass is 291 g/mol. The molecular formula is C15H21N3O3. The number of rotatable bonds is 6. The fraction of sp³-hybridized carbons (Fsp3) is 0.467. The number of amides is 2. The summed E-state index contributed by atoms with van der Waals surface area (Å²) in [6.07, 6.45) is 1.66. The Bertz CT molecular complexity index is 539. The second-order valence-electron chi connectivity index (χ2n) is 5.58. The van der Waals surface area contributed by atoms with Crippen LogP contribution in [0.5, 0.6) is 0 Å². The highest BCUT2D eigenvalue weighted by Crippen LogP contribution is 2.25. The van der Waals surface area contributed by atoms with Crippen molar-refractivity contribution >= 4 is 17.5 Å². The van der Waals surface area contributed by atoms with Crippen molar-refractivity contribution in [1.82, 2.24) is 4.90 Å². The molecule has 1 aromatic carbocycles. The van der Waals surface area contributed by atoms with E-state index in [2.05, 4.69) is 5.32 Å². The fourth-order valence-electron chi connectivity index (χ4n) is 2.72. The van der Waals surface area contributed by atoms with Crippen molar-refractivity contribution in [3.8, 4) is 0 Å². The number of aliphatic hydroxyl groups is 1. The van der Waals surface area contributed by atoms with Crippen molar-refractivity contribution in [2.24, 2.45) is 5.73 Å². The second kappa shape index (κ2) is 6.24. The molecule has 2 rings (SSSR count). The van der Waals surface area contributed by atoms with Crippen LogP contribution >= 0.6 is 0 Å². The van der Waals surface area contributed by atoms with E-state index in [0.29, 0.717) is 18.8 Å². The lowest BCUT2D eigenvalue weighted by atomic mass is 9.89. The van der Waals surface area contributed by atoms with E-state index in [-0.39, 0.29) is 18.0 Å². The topological polar surface area (TPSA) is 95.7 Å². The molecule has 1 aliphatic heterocycles. The van der Waals surface area contributed by atoms with Gasteiger partial charge >= 0.3 is 0 Å². The molecule has 0 saturated carbocycles. The van der Waals surface area contributed by atoms with Gasteiger partial charge in [-0.2, -0.15) is 0 Å². The highest BCUT2D eigenvalue weighted by atomic mass is 16.3. The van der Waals surface area contributed by atoms with E-state index in [1.165, 1.54) is 0 Å². The summed E-state index contributed by atoms with van der Waals surface area (Å²) in [5.41, 5.74) is 5.32. The van der Waals surface area contributed by atoms with E-state index >= 15 is 0 Å². The first kappa shape index (κ1) is 15.5. The lowest BCUT2D eigenvalue weighted by molar-refractivity contribution is -0.129. The molecular weight excluding hydrogens is 270 g/mol. The van der Waals surface area contributed by atoms with E-state index in [0.717, 1.165) is 12.8 Å². The zero-order valence-corrected chi connectivity index (χ0v) is 12.1. The Balaban J connectivity index is 1.88. The summed E-state index contributed by atoms with van der Waals surface area (Å²) < 4.78 is 0. The van der Waals surface area contributed by atoms with Gasteiger partial charge in [0.2, 0.25) is 5.91 Å². The summed E-state index contributed by atoms with van der Waals surface area (Å²) in [5, 5.41) is 12.8. The minimum Gasteiger partial charge on any atom is -0.387 e. The third-order valence-electron chi connectivity index (χ3n) is 3.59. The van der Waals surface area contributed by atoms with Gasteiger partial charge in [-0.25, -0.2) is 0 Å². The van der Waals surface area contributed by atoms with Gasteiger partial charge in [0, 0.05) is 13.1 Å². The number of para-hydroxylation sites is 1. The number of β-amino-alcohol motifs (C(OH)–C–C–N with tert-alkyl or cyclic N) is 1. The average Bonchev–Trinajstić information content (AvgIpc) is 2.37. The standard InChI is InChI=1S/C15H21N3O3/c1-2-7-15(21)9-18(10-15)8-13(19)17-12-6-4-3-5-11(12)14(16)20/h3-6,21H,2,7-10H2,1H3,(H2,16,20)(H,17,19). The summed E-state index contributed by atoms with van der Waals surface area (Å²) in [5.74, 6) is -0.797. The number of primary amides is 1. The number of nitrogens with one attached hydrogen (secondary N) is 1. The van der Waals surface area contributed by atoms with Gasteiger partial charge in [-0.1, -0.05) is 25.5 Å². The number of carbonyl (C=O) groups is 2. The highest BCUT2D eigenvalue weighted by Gasteiger charge is 2.40. The number of carbonyl (C=O) groups excluding carboxylic acids is 2. The molecule has 0 bridgehead atoms. The summed E-state index contributed by atoms with van der Waals surface area (Å²) >= 11 is 0. The SMILES string of the molecule is CCCC1(O)CN(CC(=O)Nc2ccccc2C(N)=O)C1. The van der Waals surface area contributed by atoms with Gasteiger partial charge < -0.3 is 16.2 Å². The summed E-state index contributed by atoms with van der Waals surface area (Å²) in [4.78, 5) is 25.1. The zero-order chi connectivity index (χ0) is 15.5. The maximum absolute atomic E-state index is 12.0. The van der Waals surface area contributed by atoms with Crippen molar-refractivity contribution < 1.29 is 14.7 Å². The Morgan fingerprint density at radius 3 is 2.67 bits per heavy atom. The Labute approximate surface area is 123 Å². The van der Waals surface area contributed by atoms with E-state index < -0.39 is 11.5 Å². The molecule has 1 aromatic rings. The summed E-state index contributed by atoms with van der Waals surface area (Å²) in [6.45, 7) is 3.23. The molecule has 1 aliphatic rings. The smallest absolute Gasteiger partial charge is 0.250 e. The maximum atomic E-state index is 12.0. The van der Waals surface area contributed by atoms with Gasteiger partial charge in [0.05, 0.1) is 23.4 Å². The molecule has 114 valence electrons. The van der Waals surface area contributed by atoms with E-state index in [4.69, 9.17) is 5.73 Å². The third kappa shape index (κ3) is 3.80. The molecule has 1 heterocycles. The van der Waals surface area contributed by atoms with E-state index in [1.54, 1.807) is 24.3 Å². The summed E-state index contributed by atoms with van der Waals surface area (Å²) in [7, 11) is 0. The lowest BCUT2D eigenvalue weighted by Gasteiger charge is -2.46. The zero-order valence-electron chi connectivity index (χ0n) is 12.1. The molecule has 0 aliphatic carbocycles. The van der Waals surface area contributed by atoms with Crippen molar-refractivity contribution in [3.05, 3.63) is 29.8 Å². The Hall–Kier alpha value is -1.92. The first-order chi connectivity index (χ1) is 9.93. The first-order valence-corrected chi connectivity index (χ1v) is 7.07. The molecule has 0 atom stereocenters. The second-order valence-corrected chi connectivity index (χ2v) is 5.58. The molecule has 1 fully saturated rings. The van der Waals surface area contributed by atoms with Crippen molar-refractivity contribution in [2.45, 2.75) is 25.4 Å². The van der Waals surface area contributed by atoms with Gasteiger partial charge in [-0.15, -0.1) is 0 Å². The molecule has 6 nitrogen and oxygen atoms in total. The third-order valence-corrected chi connectivity index (χ3v) is 3.59. The van der Waals surface area contributed by atoms with Gasteiger partial charge in [-0.3, -0.25) is 14.5 Å². The van der Waals surface area contributed by atoms with Crippen LogP contribution in [0.4, 0.5) is 5.69 Å². The molecule has 21 heavy (non-hydrogen) atoms. The molecule has 2 amide bonds. The maximum Gasteiger partial charge on any atom is 0.250 e. The lowest BCUT2D eigenvalue weighted by Crippen LogP contribution is -2.62. The first-order valence-electron chi connectivity index (χ1n) is 7.07. The van der Waals surface area contributed by atoms with Crippen LogP contribution in [0.25, 0.3) is 0 Å². The van der Waals surface area contributed by atoms with Gasteiger partial charge in [-0.05, 0) is 18.6 Å². The fourth-order valence-corrected chi connectivity index (χ4v) is 2.72. The number of hydrogen-bond donors (Lipinski definition) is 3. The van der Waals surface area contributed by atoms with Crippen LogP contribution in [0, 0.1) is 0 Å². The molecule has 0 unspecified atom stereocenters. The number of benzene rings is 1. The predicted molar refractivity (Wildman–Crippen MR) is 79.9 cm³/mol. The minimum atomic E-state index is -0.653. The molecule has 6 heteroatoms. The van der Waals surface area contributed by atoms with Crippen LogP contribution in [0.15, 0.2) is 24.3 Å². The van der Waals surface area contributed by atoms with Gasteiger partial charge in [0.25, 0.3) is 5.91 Å².